The van der Waals surface area contributed by atoms with Gasteiger partial charge in [0.05, 0.1) is 23.5 Å². The molecule has 0 saturated heterocycles. The zero-order valence-electron chi connectivity index (χ0n) is 21.5. The van der Waals surface area contributed by atoms with Crippen molar-refractivity contribution in [2.24, 2.45) is 17.2 Å². The minimum atomic E-state index is -0.729. The van der Waals surface area contributed by atoms with Crippen LogP contribution < -0.4 is 27.4 Å². The van der Waals surface area contributed by atoms with E-state index < -0.39 is 24.0 Å². The van der Waals surface area contributed by atoms with Crippen LogP contribution in [-0.4, -0.2) is 40.7 Å². The minimum Gasteiger partial charge on any atom is -0.370 e. The zero-order valence-corrected chi connectivity index (χ0v) is 21.5. The molecule has 0 aliphatic carbocycles. The molecule has 0 saturated carbocycles. The second-order valence-corrected chi connectivity index (χ2v) is 10.2. The zero-order chi connectivity index (χ0) is 27.2. The molecule has 38 heavy (non-hydrogen) atoms. The lowest BCUT2D eigenvalue weighted by Gasteiger charge is -2.28. The standard InChI is InChI=1S/C28H36N6O4/c29-20-10-9-18-6-4-7-19-16-23(34(26(18)19)28(20)38)27(37)33-21(11-12-25(31)36)22-15-17(13-14-32-22)5-2-1-3-8-24(30)35/h4,6-7,13-15,20-21,23H,1-3,5,8-12,16,29H2,(H2,30,35)(H2,31,36)(H,33,37)/t20-,21-,23-/m0/s1. The van der Waals surface area contributed by atoms with Crippen LogP contribution >= 0.6 is 0 Å². The highest BCUT2D eigenvalue weighted by Crippen LogP contribution is 2.39. The van der Waals surface area contributed by atoms with Crippen molar-refractivity contribution in [2.75, 3.05) is 4.90 Å². The first-order valence-electron chi connectivity index (χ1n) is 13.3. The second kappa shape index (κ2) is 12.2. The van der Waals surface area contributed by atoms with Crippen LogP contribution in [0.3, 0.4) is 0 Å². The lowest BCUT2D eigenvalue weighted by Crippen LogP contribution is -2.53. The van der Waals surface area contributed by atoms with Crippen molar-refractivity contribution in [2.45, 2.75) is 82.3 Å². The molecular weight excluding hydrogens is 484 g/mol. The van der Waals surface area contributed by atoms with Gasteiger partial charge in [-0.05, 0) is 67.3 Å². The van der Waals surface area contributed by atoms with Gasteiger partial charge in [-0.3, -0.25) is 29.1 Å². The summed E-state index contributed by atoms with van der Waals surface area (Å²) >= 11 is 0. The Labute approximate surface area is 222 Å². The maximum absolute atomic E-state index is 13.7. The molecule has 4 rings (SSSR count). The van der Waals surface area contributed by atoms with Crippen LogP contribution in [0.15, 0.2) is 36.5 Å². The number of carbonyl (C=O) groups excluding carboxylic acids is 4. The van der Waals surface area contributed by atoms with E-state index in [2.05, 4.69) is 10.3 Å². The summed E-state index contributed by atoms with van der Waals surface area (Å²) in [5, 5.41) is 3.05. The quantitative estimate of drug-likeness (QED) is 0.307. The number of nitrogens with zero attached hydrogens (tertiary/aromatic N) is 2. The number of anilines is 1. The van der Waals surface area contributed by atoms with Gasteiger partial charge in [-0.1, -0.05) is 24.6 Å². The van der Waals surface area contributed by atoms with Gasteiger partial charge in [-0.25, -0.2) is 0 Å². The molecule has 3 heterocycles. The Hall–Kier alpha value is -3.79. The Kier molecular flexibility index (Phi) is 8.73. The number of nitrogens with two attached hydrogens (primary N) is 3. The fourth-order valence-electron chi connectivity index (χ4n) is 5.36. The molecule has 4 amide bonds. The summed E-state index contributed by atoms with van der Waals surface area (Å²) in [6.07, 6.45) is 7.32. The van der Waals surface area contributed by atoms with Gasteiger partial charge in [0, 0.05) is 25.5 Å². The Bertz CT molecular complexity index is 1220. The SMILES string of the molecule is NC(=O)CCCCCc1ccnc([C@H](CCC(N)=O)NC(=O)[C@@H]2Cc3cccc4c3N2C(=O)[C@@H](N)CC4)c1. The molecule has 202 valence electrons. The Morgan fingerprint density at radius 2 is 1.82 bits per heavy atom. The molecule has 1 aromatic heterocycles. The number of aryl methyl sites for hydroxylation is 2. The van der Waals surface area contributed by atoms with Crippen LogP contribution in [0.25, 0.3) is 0 Å². The van der Waals surface area contributed by atoms with Crippen LogP contribution in [0.5, 0.6) is 0 Å². The number of benzene rings is 1. The fourth-order valence-corrected chi connectivity index (χ4v) is 5.36. The van der Waals surface area contributed by atoms with Crippen molar-refractivity contribution in [1.29, 1.82) is 0 Å². The first-order chi connectivity index (χ1) is 18.2. The fraction of sp³-hybridized carbons (Fsp3) is 0.464. The highest BCUT2D eigenvalue weighted by Gasteiger charge is 2.43. The molecule has 2 aromatic rings. The van der Waals surface area contributed by atoms with Crippen LogP contribution in [0.1, 0.15) is 73.4 Å². The number of pyridine rings is 1. The van der Waals surface area contributed by atoms with Gasteiger partial charge >= 0.3 is 0 Å². The molecule has 7 N–H and O–H groups in total. The third-order valence-electron chi connectivity index (χ3n) is 7.34. The van der Waals surface area contributed by atoms with Gasteiger partial charge in [0.25, 0.3) is 0 Å². The molecule has 1 aromatic carbocycles. The van der Waals surface area contributed by atoms with Gasteiger partial charge in [-0.15, -0.1) is 0 Å². The van der Waals surface area contributed by atoms with Crippen molar-refractivity contribution in [3.63, 3.8) is 0 Å². The molecule has 2 aliphatic heterocycles. The maximum Gasteiger partial charge on any atom is 0.244 e. The van der Waals surface area contributed by atoms with Crippen LogP contribution in [-0.2, 0) is 38.4 Å². The number of hydrogen-bond acceptors (Lipinski definition) is 6. The number of hydrogen-bond donors (Lipinski definition) is 4. The number of aromatic nitrogens is 1. The average molecular weight is 521 g/mol. The molecule has 0 radical (unpaired) electrons. The van der Waals surface area contributed by atoms with E-state index in [1.54, 1.807) is 11.1 Å². The second-order valence-electron chi connectivity index (χ2n) is 10.2. The highest BCUT2D eigenvalue weighted by molar-refractivity contribution is 6.06. The molecule has 0 fully saturated rings. The maximum atomic E-state index is 13.7. The number of carbonyl (C=O) groups is 4. The lowest BCUT2D eigenvalue weighted by molar-refractivity contribution is -0.127. The van der Waals surface area contributed by atoms with Gasteiger partial charge in [0.2, 0.25) is 23.6 Å². The highest BCUT2D eigenvalue weighted by atomic mass is 16.2. The summed E-state index contributed by atoms with van der Waals surface area (Å²) in [6, 6.07) is 7.77. The van der Waals surface area contributed by atoms with Crippen molar-refractivity contribution in [3.05, 3.63) is 58.9 Å². The molecular formula is C28H36N6O4. The molecule has 2 aliphatic rings. The van der Waals surface area contributed by atoms with E-state index in [0.29, 0.717) is 31.4 Å². The molecule has 0 spiro atoms. The Morgan fingerprint density at radius 3 is 2.58 bits per heavy atom. The van der Waals surface area contributed by atoms with E-state index in [9.17, 15) is 19.2 Å². The Morgan fingerprint density at radius 1 is 1.05 bits per heavy atom. The smallest absolute Gasteiger partial charge is 0.244 e. The number of para-hydroxylation sites is 1. The molecule has 3 atom stereocenters. The Balaban J connectivity index is 1.51. The largest absolute Gasteiger partial charge is 0.370 e. The normalized spacial score (nSPS) is 19.0. The predicted octanol–water partition coefficient (Wildman–Crippen LogP) is 1.32. The third kappa shape index (κ3) is 6.36. The summed E-state index contributed by atoms with van der Waals surface area (Å²) in [5.41, 5.74) is 21.2. The van der Waals surface area contributed by atoms with E-state index >= 15 is 0 Å². The number of amides is 4. The summed E-state index contributed by atoms with van der Waals surface area (Å²) in [4.78, 5) is 55.5. The summed E-state index contributed by atoms with van der Waals surface area (Å²) in [6.45, 7) is 0. The van der Waals surface area contributed by atoms with Gasteiger partial charge < -0.3 is 22.5 Å². The van der Waals surface area contributed by atoms with Gasteiger partial charge in [-0.2, -0.15) is 0 Å². The number of rotatable bonds is 12. The molecule has 10 nitrogen and oxygen atoms in total. The molecule has 0 unspecified atom stereocenters. The van der Waals surface area contributed by atoms with E-state index in [4.69, 9.17) is 17.2 Å². The minimum absolute atomic E-state index is 0.0759. The predicted molar refractivity (Wildman–Crippen MR) is 143 cm³/mol. The average Bonchev–Trinajstić information content (AvgIpc) is 3.23. The number of nitrogens with one attached hydrogen (secondary N) is 1. The van der Waals surface area contributed by atoms with Crippen molar-refractivity contribution < 1.29 is 19.2 Å². The molecule has 0 bridgehead atoms. The van der Waals surface area contributed by atoms with Crippen LogP contribution in [0.4, 0.5) is 5.69 Å². The van der Waals surface area contributed by atoms with E-state index in [0.717, 1.165) is 48.1 Å². The number of primary amides is 2. The lowest BCUT2D eigenvalue weighted by atomic mass is 10.0. The van der Waals surface area contributed by atoms with Gasteiger partial charge in [0.15, 0.2) is 0 Å². The van der Waals surface area contributed by atoms with Crippen molar-refractivity contribution in [3.8, 4) is 0 Å². The van der Waals surface area contributed by atoms with Crippen LogP contribution in [0.2, 0.25) is 0 Å². The first kappa shape index (κ1) is 27.3. The summed E-state index contributed by atoms with van der Waals surface area (Å²) in [7, 11) is 0. The number of unbranched alkanes of at least 4 members (excludes halogenated alkanes) is 2. The van der Waals surface area contributed by atoms with Crippen LogP contribution in [0, 0.1) is 0 Å². The van der Waals surface area contributed by atoms with Crippen molar-refractivity contribution in [1.82, 2.24) is 10.3 Å². The molecule has 10 heteroatoms. The van der Waals surface area contributed by atoms with E-state index in [-0.39, 0.29) is 30.6 Å². The summed E-state index contributed by atoms with van der Waals surface area (Å²) < 4.78 is 0. The third-order valence-corrected chi connectivity index (χ3v) is 7.34. The topological polar surface area (TPSA) is 174 Å². The van der Waals surface area contributed by atoms with E-state index in [1.807, 2.05) is 30.3 Å². The van der Waals surface area contributed by atoms with Gasteiger partial charge in [0.1, 0.15) is 6.04 Å². The van der Waals surface area contributed by atoms with Crippen molar-refractivity contribution >= 4 is 29.3 Å². The monoisotopic (exact) mass is 520 g/mol. The van der Waals surface area contributed by atoms with E-state index in [1.165, 1.54) is 0 Å². The summed E-state index contributed by atoms with van der Waals surface area (Å²) in [5.74, 6) is -1.34. The first-order valence-corrected chi connectivity index (χ1v) is 13.3.